The second kappa shape index (κ2) is 8.86. The molecule has 7 nitrogen and oxygen atoms in total. The highest BCUT2D eigenvalue weighted by atomic mass is 32.1. The van der Waals surface area contributed by atoms with Crippen molar-refractivity contribution in [2.75, 3.05) is 13.1 Å². The first-order chi connectivity index (χ1) is 12.7. The quantitative estimate of drug-likeness (QED) is 0.755. The summed E-state index contributed by atoms with van der Waals surface area (Å²) in [4.78, 5) is 35.2. The summed E-state index contributed by atoms with van der Waals surface area (Å²) in [7, 11) is 0. The van der Waals surface area contributed by atoms with E-state index in [-0.39, 0.29) is 23.9 Å². The average molecular weight is 373 g/mol. The molecule has 1 saturated heterocycles. The number of aromatic nitrogens is 2. The second-order valence-electron chi connectivity index (χ2n) is 6.30. The van der Waals surface area contributed by atoms with Gasteiger partial charge < -0.3 is 10.6 Å². The Morgan fingerprint density at radius 1 is 1.38 bits per heavy atom. The molecule has 3 rings (SSSR count). The fourth-order valence-corrected chi connectivity index (χ4v) is 3.86. The Kier molecular flexibility index (Phi) is 6.30. The number of carbonyl (C=O) groups is 2. The molecule has 3 heterocycles. The van der Waals surface area contributed by atoms with Gasteiger partial charge in [-0.25, -0.2) is 4.98 Å². The lowest BCUT2D eigenvalue weighted by Crippen LogP contribution is -2.42. The molecule has 26 heavy (non-hydrogen) atoms. The maximum absolute atomic E-state index is 12.4. The van der Waals surface area contributed by atoms with Gasteiger partial charge in [0.1, 0.15) is 5.01 Å². The molecule has 0 saturated carbocycles. The van der Waals surface area contributed by atoms with Gasteiger partial charge in [-0.15, -0.1) is 11.3 Å². The first kappa shape index (κ1) is 18.5. The highest BCUT2D eigenvalue weighted by molar-refractivity contribution is 7.09. The summed E-state index contributed by atoms with van der Waals surface area (Å²) >= 11 is 1.58. The van der Waals surface area contributed by atoms with Gasteiger partial charge in [0.05, 0.1) is 19.0 Å². The number of likely N-dealkylation sites (tertiary alicyclic amines) is 1. The number of nitrogens with zero attached hydrogens (tertiary/aromatic N) is 3. The first-order valence-electron chi connectivity index (χ1n) is 8.74. The van der Waals surface area contributed by atoms with Crippen molar-refractivity contribution in [2.45, 2.75) is 38.4 Å². The molecule has 0 bridgehead atoms. The second-order valence-corrected chi connectivity index (χ2v) is 7.28. The van der Waals surface area contributed by atoms with E-state index in [1.54, 1.807) is 29.9 Å². The van der Waals surface area contributed by atoms with Crippen LogP contribution in [-0.2, 0) is 22.6 Å². The van der Waals surface area contributed by atoms with Crippen LogP contribution in [0.3, 0.4) is 0 Å². The molecule has 0 aromatic carbocycles. The molecule has 0 aliphatic carbocycles. The van der Waals surface area contributed by atoms with Crippen molar-refractivity contribution in [2.24, 2.45) is 0 Å². The van der Waals surface area contributed by atoms with Crippen LogP contribution in [0.2, 0.25) is 0 Å². The summed E-state index contributed by atoms with van der Waals surface area (Å²) in [5.41, 5.74) is 0.878. The molecule has 1 fully saturated rings. The fraction of sp³-hybridized carbons (Fsp3) is 0.444. The summed E-state index contributed by atoms with van der Waals surface area (Å²) in [6, 6.07) is 3.40. The van der Waals surface area contributed by atoms with E-state index in [1.807, 2.05) is 24.4 Å². The van der Waals surface area contributed by atoms with Crippen molar-refractivity contribution < 1.29 is 9.59 Å². The standard InChI is InChI=1S/C18H23N5O2S/c1-2-20-18(25)15-9-14(11-23(15)12-17-21-6-7-26-17)22-16(24)8-13-4-3-5-19-10-13/h3-7,10,14-15H,2,8-9,11-12H2,1H3,(H,20,25)(H,22,24). The van der Waals surface area contributed by atoms with Gasteiger partial charge in [0.15, 0.2) is 0 Å². The monoisotopic (exact) mass is 373 g/mol. The van der Waals surface area contributed by atoms with Crippen molar-refractivity contribution in [1.82, 2.24) is 25.5 Å². The minimum absolute atomic E-state index is 0.00747. The molecule has 1 aliphatic rings. The molecular formula is C18H23N5O2S. The zero-order valence-electron chi connectivity index (χ0n) is 14.7. The van der Waals surface area contributed by atoms with Crippen LogP contribution in [0.15, 0.2) is 36.1 Å². The van der Waals surface area contributed by atoms with Crippen molar-refractivity contribution >= 4 is 23.2 Å². The van der Waals surface area contributed by atoms with Gasteiger partial charge in [-0.2, -0.15) is 0 Å². The Labute approximate surface area is 156 Å². The summed E-state index contributed by atoms with van der Waals surface area (Å²) in [6.07, 6.45) is 6.05. The smallest absolute Gasteiger partial charge is 0.237 e. The Morgan fingerprint density at radius 3 is 2.96 bits per heavy atom. The van der Waals surface area contributed by atoms with Crippen molar-refractivity contribution in [3.63, 3.8) is 0 Å². The SMILES string of the molecule is CCNC(=O)C1CC(NC(=O)Cc2cccnc2)CN1Cc1nccs1. The topological polar surface area (TPSA) is 87.2 Å². The van der Waals surface area contributed by atoms with Crippen molar-refractivity contribution in [3.8, 4) is 0 Å². The predicted molar refractivity (Wildman–Crippen MR) is 99.5 cm³/mol. The molecule has 0 radical (unpaired) electrons. The third-order valence-corrected chi connectivity index (χ3v) is 5.10. The van der Waals surface area contributed by atoms with E-state index in [4.69, 9.17) is 0 Å². The van der Waals surface area contributed by atoms with Crippen LogP contribution >= 0.6 is 11.3 Å². The molecule has 2 unspecified atom stereocenters. The lowest BCUT2D eigenvalue weighted by Gasteiger charge is -2.22. The minimum atomic E-state index is -0.248. The summed E-state index contributed by atoms with van der Waals surface area (Å²) in [6.45, 7) is 3.76. The van der Waals surface area contributed by atoms with Crippen LogP contribution in [0.4, 0.5) is 0 Å². The zero-order chi connectivity index (χ0) is 18.4. The molecular weight excluding hydrogens is 350 g/mol. The zero-order valence-corrected chi connectivity index (χ0v) is 15.5. The Bertz CT molecular complexity index is 722. The maximum Gasteiger partial charge on any atom is 0.237 e. The highest BCUT2D eigenvalue weighted by Crippen LogP contribution is 2.22. The molecule has 0 spiro atoms. The van der Waals surface area contributed by atoms with Gasteiger partial charge in [0.25, 0.3) is 0 Å². The number of pyridine rings is 1. The first-order valence-corrected chi connectivity index (χ1v) is 9.62. The molecule has 8 heteroatoms. The van der Waals surface area contributed by atoms with Gasteiger partial charge >= 0.3 is 0 Å². The number of amides is 2. The number of thiazole rings is 1. The van der Waals surface area contributed by atoms with Crippen LogP contribution in [0, 0.1) is 0 Å². The van der Waals surface area contributed by atoms with E-state index in [9.17, 15) is 9.59 Å². The van der Waals surface area contributed by atoms with Crippen LogP contribution < -0.4 is 10.6 Å². The van der Waals surface area contributed by atoms with Gasteiger partial charge in [0.2, 0.25) is 11.8 Å². The number of hydrogen-bond donors (Lipinski definition) is 2. The average Bonchev–Trinajstić information content (AvgIpc) is 3.26. The molecule has 2 N–H and O–H groups in total. The summed E-state index contributed by atoms with van der Waals surface area (Å²) < 4.78 is 0. The third kappa shape index (κ3) is 4.86. The van der Waals surface area contributed by atoms with Gasteiger partial charge in [-0.3, -0.25) is 19.5 Å². The van der Waals surface area contributed by atoms with Crippen LogP contribution in [-0.4, -0.2) is 51.9 Å². The van der Waals surface area contributed by atoms with E-state index >= 15 is 0 Å². The Balaban J connectivity index is 1.61. The van der Waals surface area contributed by atoms with Crippen LogP contribution in [0.25, 0.3) is 0 Å². The van der Waals surface area contributed by atoms with Crippen LogP contribution in [0.5, 0.6) is 0 Å². The molecule has 2 aromatic rings. The fourth-order valence-electron chi connectivity index (χ4n) is 3.22. The highest BCUT2D eigenvalue weighted by Gasteiger charge is 2.37. The van der Waals surface area contributed by atoms with E-state index < -0.39 is 0 Å². The number of rotatable bonds is 7. The Hall–Kier alpha value is -2.32. The lowest BCUT2D eigenvalue weighted by atomic mass is 10.1. The number of nitrogens with one attached hydrogen (secondary N) is 2. The maximum atomic E-state index is 12.4. The predicted octanol–water partition coefficient (Wildman–Crippen LogP) is 0.976. The minimum Gasteiger partial charge on any atom is -0.355 e. The van der Waals surface area contributed by atoms with E-state index in [2.05, 4.69) is 25.5 Å². The third-order valence-electron chi connectivity index (χ3n) is 4.33. The van der Waals surface area contributed by atoms with E-state index in [0.29, 0.717) is 32.5 Å². The Morgan fingerprint density at radius 2 is 2.27 bits per heavy atom. The van der Waals surface area contributed by atoms with Crippen LogP contribution in [0.1, 0.15) is 23.9 Å². The molecule has 2 aromatic heterocycles. The lowest BCUT2D eigenvalue weighted by molar-refractivity contribution is -0.125. The molecule has 2 amide bonds. The van der Waals surface area contributed by atoms with Crippen molar-refractivity contribution in [3.05, 3.63) is 46.7 Å². The van der Waals surface area contributed by atoms with E-state index in [0.717, 1.165) is 10.6 Å². The van der Waals surface area contributed by atoms with E-state index in [1.165, 1.54) is 0 Å². The molecule has 1 aliphatic heterocycles. The van der Waals surface area contributed by atoms with Gasteiger partial charge in [-0.1, -0.05) is 6.07 Å². The summed E-state index contributed by atoms with van der Waals surface area (Å²) in [5, 5.41) is 8.85. The van der Waals surface area contributed by atoms with Gasteiger partial charge in [-0.05, 0) is 25.0 Å². The molecule has 2 atom stereocenters. The molecule has 138 valence electrons. The summed E-state index contributed by atoms with van der Waals surface area (Å²) in [5.74, 6) is -0.0400. The normalized spacial score (nSPS) is 20.0. The number of likely N-dealkylation sites (N-methyl/N-ethyl adjacent to an activating group) is 1. The van der Waals surface area contributed by atoms with Crippen molar-refractivity contribution in [1.29, 1.82) is 0 Å². The number of hydrogen-bond acceptors (Lipinski definition) is 6. The van der Waals surface area contributed by atoms with Gasteiger partial charge in [0, 0.05) is 43.1 Å². The largest absolute Gasteiger partial charge is 0.355 e. The number of carbonyl (C=O) groups excluding carboxylic acids is 2.